The molecule has 0 bridgehead atoms. The fourth-order valence-electron chi connectivity index (χ4n) is 4.22. The Balaban J connectivity index is 1.43. The van der Waals surface area contributed by atoms with E-state index in [1.54, 1.807) is 30.8 Å². The number of benzene rings is 3. The Morgan fingerprint density at radius 2 is 1.76 bits per heavy atom. The van der Waals surface area contributed by atoms with Crippen LogP contribution in [0.15, 0.2) is 76.0 Å². The molecule has 2 atom stereocenters. The third kappa shape index (κ3) is 4.59. The van der Waals surface area contributed by atoms with E-state index in [0.29, 0.717) is 17.7 Å². The minimum Gasteiger partial charge on any atom is -0.508 e. The first-order chi connectivity index (χ1) is 16.5. The molecule has 5 nitrogen and oxygen atoms in total. The molecule has 4 aromatic rings. The largest absolute Gasteiger partial charge is 0.508 e. The lowest BCUT2D eigenvalue weighted by molar-refractivity contribution is 0.204. The van der Waals surface area contributed by atoms with Crippen molar-refractivity contribution < 1.29 is 14.3 Å². The minimum absolute atomic E-state index is 0.0933. The first kappa shape index (κ1) is 22.3. The summed E-state index contributed by atoms with van der Waals surface area (Å²) in [6, 6.07) is 22.1. The molecule has 3 aromatic carbocycles. The van der Waals surface area contributed by atoms with Crippen LogP contribution in [0.5, 0.6) is 11.5 Å². The van der Waals surface area contributed by atoms with Crippen molar-refractivity contribution in [3.05, 3.63) is 101 Å². The van der Waals surface area contributed by atoms with Crippen LogP contribution in [-0.2, 0) is 0 Å². The summed E-state index contributed by atoms with van der Waals surface area (Å²) in [5, 5.41) is 18.0. The second kappa shape index (κ2) is 9.39. The summed E-state index contributed by atoms with van der Waals surface area (Å²) in [6.07, 6.45) is 3.57. The van der Waals surface area contributed by atoms with E-state index in [4.69, 9.17) is 9.15 Å². The molecular weight excluding hydrogens is 444 g/mol. The smallest absolute Gasteiger partial charge is 0.240 e. The van der Waals surface area contributed by atoms with Crippen molar-refractivity contribution in [2.24, 2.45) is 0 Å². The molecule has 1 aromatic heterocycles. The number of aromatic hydroxyl groups is 1. The zero-order valence-corrected chi connectivity index (χ0v) is 20.1. The van der Waals surface area contributed by atoms with Gasteiger partial charge in [0.1, 0.15) is 17.6 Å². The van der Waals surface area contributed by atoms with Gasteiger partial charge in [0.05, 0.1) is 5.25 Å². The molecule has 2 heterocycles. The van der Waals surface area contributed by atoms with Gasteiger partial charge in [-0.3, -0.25) is 0 Å². The number of ether oxygens (including phenoxy) is 1. The zero-order chi connectivity index (χ0) is 23.7. The summed E-state index contributed by atoms with van der Waals surface area (Å²) in [4.78, 5) is 1.06. The number of thioether (sulfide) groups is 1. The minimum atomic E-state index is -0.164. The van der Waals surface area contributed by atoms with E-state index in [0.717, 1.165) is 21.8 Å². The molecule has 6 heteroatoms. The third-order valence-electron chi connectivity index (χ3n) is 5.86. The predicted octanol–water partition coefficient (Wildman–Crippen LogP) is 7.34. The highest BCUT2D eigenvalue weighted by molar-refractivity contribution is 8.00. The van der Waals surface area contributed by atoms with Gasteiger partial charge in [-0.05, 0) is 52.9 Å². The fraction of sp³-hybridized carbons (Fsp3) is 0.214. The van der Waals surface area contributed by atoms with Crippen molar-refractivity contribution in [1.82, 2.24) is 10.2 Å². The van der Waals surface area contributed by atoms with Gasteiger partial charge in [0.15, 0.2) is 0 Å². The van der Waals surface area contributed by atoms with E-state index in [-0.39, 0.29) is 17.1 Å². The Kier molecular flexibility index (Phi) is 6.16. The molecule has 0 radical (unpaired) electrons. The highest BCUT2D eigenvalue weighted by Gasteiger charge is 2.37. The van der Waals surface area contributed by atoms with Gasteiger partial charge in [-0.15, -0.1) is 22.0 Å². The molecule has 172 valence electrons. The van der Waals surface area contributed by atoms with Crippen LogP contribution in [0, 0.1) is 6.92 Å². The molecule has 0 amide bonds. The average Bonchev–Trinajstić information content (AvgIpc) is 3.41. The molecule has 0 spiro atoms. The van der Waals surface area contributed by atoms with E-state index in [9.17, 15) is 5.11 Å². The van der Waals surface area contributed by atoms with Gasteiger partial charge in [0.25, 0.3) is 0 Å². The van der Waals surface area contributed by atoms with Crippen molar-refractivity contribution in [3.8, 4) is 11.5 Å². The number of phenolic OH excluding ortho intramolecular Hbond substituents is 1. The van der Waals surface area contributed by atoms with Gasteiger partial charge in [-0.25, -0.2) is 0 Å². The second-order valence-corrected chi connectivity index (χ2v) is 9.83. The molecule has 1 aliphatic rings. The standard InChI is InChI=1S/C28H26N2O3S/c1-17(2)22-6-4-5-7-23(22)28-27(24-14-11-20(31)16-25(24)34-28)33-21-12-8-19(9-13-21)10-15-26-30-29-18(3)32-26/h4-17,27-28,31H,1-3H3/b15-10+. The molecule has 34 heavy (non-hydrogen) atoms. The molecule has 0 saturated carbocycles. The van der Waals surface area contributed by atoms with E-state index in [2.05, 4.69) is 48.3 Å². The summed E-state index contributed by atoms with van der Waals surface area (Å²) in [5.41, 5.74) is 4.71. The van der Waals surface area contributed by atoms with Gasteiger partial charge in [-0.1, -0.05) is 56.3 Å². The maximum absolute atomic E-state index is 10.1. The maximum Gasteiger partial charge on any atom is 0.240 e. The Hall–Kier alpha value is -3.51. The summed E-state index contributed by atoms with van der Waals surface area (Å²) in [5.74, 6) is 2.50. The Labute approximate surface area is 203 Å². The Morgan fingerprint density at radius 3 is 2.50 bits per heavy atom. The second-order valence-electron chi connectivity index (χ2n) is 8.64. The molecule has 1 aliphatic heterocycles. The predicted molar refractivity (Wildman–Crippen MR) is 135 cm³/mol. The Morgan fingerprint density at radius 1 is 0.971 bits per heavy atom. The van der Waals surface area contributed by atoms with Crippen LogP contribution in [0.3, 0.4) is 0 Å². The Bertz CT molecular complexity index is 1330. The molecule has 5 rings (SSSR count). The molecular formula is C28H26N2O3S. The van der Waals surface area contributed by atoms with Gasteiger partial charge >= 0.3 is 0 Å². The summed E-state index contributed by atoms with van der Waals surface area (Å²) in [6.45, 7) is 6.20. The van der Waals surface area contributed by atoms with Crippen LogP contribution in [0.2, 0.25) is 0 Å². The number of hydrogen-bond acceptors (Lipinski definition) is 6. The molecule has 0 aliphatic carbocycles. The fourth-order valence-corrected chi connectivity index (χ4v) is 5.67. The number of fused-ring (bicyclic) bond motifs is 1. The van der Waals surface area contributed by atoms with E-state index in [1.165, 1.54) is 11.1 Å². The number of nitrogens with zero attached hydrogens (tertiary/aromatic N) is 2. The summed E-state index contributed by atoms with van der Waals surface area (Å²) >= 11 is 1.75. The normalized spacial score (nSPS) is 17.4. The first-order valence-electron chi connectivity index (χ1n) is 11.3. The van der Waals surface area contributed by atoms with Gasteiger partial charge in [0.2, 0.25) is 11.8 Å². The van der Waals surface area contributed by atoms with Crippen LogP contribution in [0.4, 0.5) is 0 Å². The van der Waals surface area contributed by atoms with Crippen molar-refractivity contribution in [3.63, 3.8) is 0 Å². The monoisotopic (exact) mass is 470 g/mol. The average molecular weight is 471 g/mol. The van der Waals surface area contributed by atoms with Crippen LogP contribution in [0.25, 0.3) is 12.2 Å². The molecule has 0 saturated heterocycles. The van der Waals surface area contributed by atoms with Crippen molar-refractivity contribution in [2.45, 2.75) is 42.9 Å². The SMILES string of the molecule is Cc1nnc(/C=C/c2ccc(OC3c4ccc(O)cc4SC3c3ccccc3C(C)C)cc2)o1. The summed E-state index contributed by atoms with van der Waals surface area (Å²) in [7, 11) is 0. The number of phenols is 1. The van der Waals surface area contributed by atoms with Crippen molar-refractivity contribution in [1.29, 1.82) is 0 Å². The van der Waals surface area contributed by atoms with Crippen LogP contribution in [-0.4, -0.2) is 15.3 Å². The first-order valence-corrected chi connectivity index (χ1v) is 12.2. The number of rotatable bonds is 6. The number of hydrogen-bond donors (Lipinski definition) is 1. The molecule has 1 N–H and O–H groups in total. The van der Waals surface area contributed by atoms with Crippen LogP contribution in [0.1, 0.15) is 65.2 Å². The molecule has 0 fully saturated rings. The summed E-state index contributed by atoms with van der Waals surface area (Å²) < 4.78 is 12.0. The van der Waals surface area contributed by atoms with E-state index in [1.807, 2.05) is 42.5 Å². The van der Waals surface area contributed by atoms with Gasteiger partial charge in [-0.2, -0.15) is 0 Å². The van der Waals surface area contributed by atoms with Gasteiger partial charge < -0.3 is 14.3 Å². The zero-order valence-electron chi connectivity index (χ0n) is 19.3. The lowest BCUT2D eigenvalue weighted by Crippen LogP contribution is -2.13. The van der Waals surface area contributed by atoms with E-state index < -0.39 is 0 Å². The van der Waals surface area contributed by atoms with Crippen molar-refractivity contribution >= 4 is 23.9 Å². The lowest BCUT2D eigenvalue weighted by atomic mass is 9.91. The number of aromatic nitrogens is 2. The highest BCUT2D eigenvalue weighted by atomic mass is 32.2. The third-order valence-corrected chi connectivity index (χ3v) is 7.22. The number of aryl methyl sites for hydroxylation is 1. The van der Waals surface area contributed by atoms with Crippen LogP contribution >= 0.6 is 11.8 Å². The van der Waals surface area contributed by atoms with Crippen molar-refractivity contribution in [2.75, 3.05) is 0 Å². The highest BCUT2D eigenvalue weighted by Crippen LogP contribution is 2.56. The topological polar surface area (TPSA) is 68.4 Å². The molecule has 2 unspecified atom stereocenters. The van der Waals surface area contributed by atoms with E-state index >= 15 is 0 Å². The maximum atomic E-state index is 10.1. The van der Waals surface area contributed by atoms with Gasteiger partial charge in [0, 0.05) is 23.5 Å². The van der Waals surface area contributed by atoms with Crippen LogP contribution < -0.4 is 4.74 Å². The lowest BCUT2D eigenvalue weighted by Gasteiger charge is -2.25. The quantitative estimate of drug-likeness (QED) is 0.318.